The summed E-state index contributed by atoms with van der Waals surface area (Å²) in [6, 6.07) is 10.3. The van der Waals surface area contributed by atoms with E-state index in [1.807, 2.05) is 18.2 Å². The molecule has 2 rings (SSSR count). The molecule has 6 heteroatoms. The summed E-state index contributed by atoms with van der Waals surface area (Å²) in [6.45, 7) is 7.31. The molecule has 1 heterocycles. The number of carbonyl (C=O) groups is 1. The molecule has 2 N–H and O–H groups in total. The molecule has 0 bridgehead atoms. The van der Waals surface area contributed by atoms with Gasteiger partial charge in [0.15, 0.2) is 0 Å². The number of amides is 1. The first kappa shape index (κ1) is 20.9. The summed E-state index contributed by atoms with van der Waals surface area (Å²) in [5, 5.41) is 6.32. The summed E-state index contributed by atoms with van der Waals surface area (Å²) in [4.78, 5) is 14.1. The van der Waals surface area contributed by atoms with Crippen LogP contribution in [0.2, 0.25) is 0 Å². The molecule has 1 aliphatic heterocycles. The highest BCUT2D eigenvalue weighted by Crippen LogP contribution is 2.00. The maximum absolute atomic E-state index is 11.7. The van der Waals surface area contributed by atoms with Crippen molar-refractivity contribution in [3.05, 3.63) is 35.9 Å². The van der Waals surface area contributed by atoms with Gasteiger partial charge < -0.3 is 15.4 Å². The van der Waals surface area contributed by atoms with E-state index in [0.717, 1.165) is 52.1 Å². The molecular formula is C18H30ClN3O2. The van der Waals surface area contributed by atoms with Crippen molar-refractivity contribution in [2.75, 3.05) is 52.5 Å². The van der Waals surface area contributed by atoms with E-state index in [0.29, 0.717) is 19.6 Å². The van der Waals surface area contributed by atoms with Gasteiger partial charge in [-0.2, -0.15) is 0 Å². The third-order valence-corrected chi connectivity index (χ3v) is 4.03. The molecule has 136 valence electrons. The Balaban J connectivity index is 0.00000288. The first-order valence-corrected chi connectivity index (χ1v) is 8.66. The van der Waals surface area contributed by atoms with Crippen LogP contribution in [0.5, 0.6) is 0 Å². The Morgan fingerprint density at radius 1 is 1.17 bits per heavy atom. The first-order chi connectivity index (χ1) is 11.3. The molecule has 0 aliphatic carbocycles. The number of carbonyl (C=O) groups excluding carboxylic acids is 1. The summed E-state index contributed by atoms with van der Waals surface area (Å²) in [5.74, 6) is 0.131. The zero-order valence-electron chi connectivity index (χ0n) is 14.3. The van der Waals surface area contributed by atoms with Crippen LogP contribution < -0.4 is 10.6 Å². The van der Waals surface area contributed by atoms with E-state index in [1.165, 1.54) is 5.56 Å². The van der Waals surface area contributed by atoms with Crippen LogP contribution in [0, 0.1) is 0 Å². The van der Waals surface area contributed by atoms with Crippen molar-refractivity contribution >= 4 is 18.3 Å². The van der Waals surface area contributed by atoms with Crippen LogP contribution in [0.3, 0.4) is 0 Å². The summed E-state index contributed by atoms with van der Waals surface area (Å²) < 4.78 is 5.59. The van der Waals surface area contributed by atoms with Crippen LogP contribution >= 0.6 is 12.4 Å². The Kier molecular flexibility index (Phi) is 11.5. The Hall–Kier alpha value is -1.14. The quantitative estimate of drug-likeness (QED) is 0.624. The van der Waals surface area contributed by atoms with Gasteiger partial charge in [0.25, 0.3) is 0 Å². The summed E-state index contributed by atoms with van der Waals surface area (Å²) in [5.41, 5.74) is 1.29. The average Bonchev–Trinajstić information content (AvgIpc) is 2.60. The molecule has 0 saturated carbocycles. The maximum atomic E-state index is 11.7. The van der Waals surface area contributed by atoms with Gasteiger partial charge in [-0.15, -0.1) is 12.4 Å². The van der Waals surface area contributed by atoms with E-state index in [1.54, 1.807) is 0 Å². The number of nitrogens with one attached hydrogen (secondary N) is 2. The lowest BCUT2D eigenvalue weighted by Gasteiger charge is -2.27. The number of hydrogen-bond donors (Lipinski definition) is 2. The van der Waals surface area contributed by atoms with Crippen molar-refractivity contribution < 1.29 is 9.53 Å². The van der Waals surface area contributed by atoms with Gasteiger partial charge in [0, 0.05) is 52.3 Å². The molecule has 0 aromatic heterocycles. The van der Waals surface area contributed by atoms with Crippen molar-refractivity contribution in [2.24, 2.45) is 0 Å². The second-order valence-corrected chi connectivity index (χ2v) is 5.89. The summed E-state index contributed by atoms with van der Waals surface area (Å²) in [6.07, 6.45) is 2.26. The second kappa shape index (κ2) is 13.2. The third kappa shape index (κ3) is 9.23. The van der Waals surface area contributed by atoms with Crippen LogP contribution in [0.4, 0.5) is 0 Å². The molecule has 1 saturated heterocycles. The zero-order chi connectivity index (χ0) is 16.2. The molecule has 5 nitrogen and oxygen atoms in total. The number of piperazine rings is 1. The molecule has 1 aromatic rings. The lowest BCUT2D eigenvalue weighted by atomic mass is 10.2. The fourth-order valence-corrected chi connectivity index (χ4v) is 2.65. The molecule has 1 aromatic carbocycles. The number of hydrogen-bond acceptors (Lipinski definition) is 4. The fraction of sp³-hybridized carbons (Fsp3) is 0.611. The van der Waals surface area contributed by atoms with E-state index in [9.17, 15) is 4.79 Å². The molecular weight excluding hydrogens is 326 g/mol. The minimum atomic E-state index is 0. The van der Waals surface area contributed by atoms with E-state index < -0.39 is 0 Å². The molecule has 1 aliphatic rings. The topological polar surface area (TPSA) is 53.6 Å². The van der Waals surface area contributed by atoms with Crippen molar-refractivity contribution in [3.8, 4) is 0 Å². The Labute approximate surface area is 151 Å². The van der Waals surface area contributed by atoms with E-state index in [4.69, 9.17) is 4.74 Å². The molecule has 0 unspecified atom stereocenters. The summed E-state index contributed by atoms with van der Waals surface area (Å²) in [7, 11) is 0. The Morgan fingerprint density at radius 3 is 2.67 bits per heavy atom. The fourth-order valence-electron chi connectivity index (χ4n) is 2.65. The molecule has 24 heavy (non-hydrogen) atoms. The van der Waals surface area contributed by atoms with Gasteiger partial charge in [0.1, 0.15) is 0 Å². The smallest absolute Gasteiger partial charge is 0.220 e. The van der Waals surface area contributed by atoms with Gasteiger partial charge in [0.05, 0.1) is 6.61 Å². The highest BCUT2D eigenvalue weighted by molar-refractivity contribution is 5.85. The number of halogens is 1. The Morgan fingerprint density at radius 2 is 1.92 bits per heavy atom. The SMILES string of the molecule is Cl.O=C(CCCOCCc1ccccc1)NCCN1CCNCC1. The lowest BCUT2D eigenvalue weighted by molar-refractivity contribution is -0.121. The van der Waals surface area contributed by atoms with Crippen molar-refractivity contribution in [2.45, 2.75) is 19.3 Å². The predicted molar refractivity (Wildman–Crippen MR) is 99.8 cm³/mol. The van der Waals surface area contributed by atoms with E-state index in [-0.39, 0.29) is 18.3 Å². The van der Waals surface area contributed by atoms with Crippen LogP contribution in [0.15, 0.2) is 30.3 Å². The van der Waals surface area contributed by atoms with Gasteiger partial charge >= 0.3 is 0 Å². The standard InChI is InChI=1S/C18H29N3O2.ClH/c22-18(20-11-14-21-12-9-19-10-13-21)7-4-15-23-16-8-17-5-2-1-3-6-17;/h1-3,5-6,19H,4,7-16H2,(H,20,22);1H. The van der Waals surface area contributed by atoms with Crippen molar-refractivity contribution in [1.29, 1.82) is 0 Å². The number of ether oxygens (including phenoxy) is 1. The lowest BCUT2D eigenvalue weighted by Crippen LogP contribution is -2.46. The van der Waals surface area contributed by atoms with Crippen molar-refractivity contribution in [1.82, 2.24) is 15.5 Å². The van der Waals surface area contributed by atoms with Crippen LogP contribution in [-0.4, -0.2) is 63.3 Å². The molecule has 1 amide bonds. The number of benzene rings is 1. The largest absolute Gasteiger partial charge is 0.381 e. The molecule has 1 fully saturated rings. The van der Waals surface area contributed by atoms with Crippen molar-refractivity contribution in [3.63, 3.8) is 0 Å². The molecule has 0 spiro atoms. The normalized spacial score (nSPS) is 14.8. The summed E-state index contributed by atoms with van der Waals surface area (Å²) >= 11 is 0. The average molecular weight is 356 g/mol. The number of nitrogens with zero attached hydrogens (tertiary/aromatic N) is 1. The van der Waals surface area contributed by atoms with Gasteiger partial charge in [-0.05, 0) is 18.4 Å². The van der Waals surface area contributed by atoms with Crippen LogP contribution in [0.1, 0.15) is 18.4 Å². The monoisotopic (exact) mass is 355 g/mol. The first-order valence-electron chi connectivity index (χ1n) is 8.66. The van der Waals surface area contributed by atoms with Gasteiger partial charge in [0.2, 0.25) is 5.91 Å². The van der Waals surface area contributed by atoms with Crippen LogP contribution in [-0.2, 0) is 16.0 Å². The molecule has 0 atom stereocenters. The van der Waals surface area contributed by atoms with E-state index in [2.05, 4.69) is 27.7 Å². The second-order valence-electron chi connectivity index (χ2n) is 5.89. The minimum absolute atomic E-state index is 0. The minimum Gasteiger partial charge on any atom is -0.381 e. The van der Waals surface area contributed by atoms with Gasteiger partial charge in [-0.25, -0.2) is 0 Å². The van der Waals surface area contributed by atoms with Crippen LogP contribution in [0.25, 0.3) is 0 Å². The predicted octanol–water partition coefficient (Wildman–Crippen LogP) is 1.47. The third-order valence-electron chi connectivity index (χ3n) is 4.03. The van der Waals surface area contributed by atoms with Gasteiger partial charge in [-0.1, -0.05) is 30.3 Å². The van der Waals surface area contributed by atoms with Gasteiger partial charge in [-0.3, -0.25) is 9.69 Å². The highest BCUT2D eigenvalue weighted by Gasteiger charge is 2.09. The van der Waals surface area contributed by atoms with E-state index >= 15 is 0 Å². The zero-order valence-corrected chi connectivity index (χ0v) is 15.2. The Bertz CT molecular complexity index is 439. The maximum Gasteiger partial charge on any atom is 0.220 e. The number of rotatable bonds is 10. The highest BCUT2D eigenvalue weighted by atomic mass is 35.5. The molecule has 0 radical (unpaired) electrons.